The van der Waals surface area contributed by atoms with Gasteiger partial charge in [-0.25, -0.2) is 0 Å². The first kappa shape index (κ1) is 13.2. The predicted molar refractivity (Wildman–Crippen MR) is 73.8 cm³/mol. The number of aromatic nitrogens is 1. The van der Waals surface area contributed by atoms with Gasteiger partial charge in [0, 0.05) is 18.4 Å². The SMILES string of the molecule is C=Cc1c(C)c(/C=C/C(C)=C/C=O)n(C)c1C. The lowest BCUT2D eigenvalue weighted by Crippen LogP contribution is -1.93. The Morgan fingerprint density at radius 2 is 2.00 bits per heavy atom. The molecule has 0 N–H and O–H groups in total. The van der Waals surface area contributed by atoms with Crippen LogP contribution >= 0.6 is 0 Å². The van der Waals surface area contributed by atoms with Gasteiger partial charge in [-0.05, 0) is 49.6 Å². The van der Waals surface area contributed by atoms with Gasteiger partial charge in [0.25, 0.3) is 0 Å². The van der Waals surface area contributed by atoms with Crippen LogP contribution in [0.1, 0.15) is 29.4 Å². The zero-order valence-corrected chi connectivity index (χ0v) is 10.9. The smallest absolute Gasteiger partial charge is 0.143 e. The molecule has 0 unspecified atom stereocenters. The van der Waals surface area contributed by atoms with Crippen molar-refractivity contribution in [3.8, 4) is 0 Å². The summed E-state index contributed by atoms with van der Waals surface area (Å²) < 4.78 is 2.14. The Balaban J connectivity index is 3.20. The van der Waals surface area contributed by atoms with Crippen LogP contribution in [0.5, 0.6) is 0 Å². The molecule has 2 nitrogen and oxygen atoms in total. The van der Waals surface area contributed by atoms with Crippen LogP contribution in [0.15, 0.2) is 24.3 Å². The minimum absolute atomic E-state index is 0.804. The second kappa shape index (κ2) is 5.48. The van der Waals surface area contributed by atoms with Gasteiger partial charge in [-0.3, -0.25) is 4.79 Å². The van der Waals surface area contributed by atoms with Crippen LogP contribution in [0.4, 0.5) is 0 Å². The standard InChI is InChI=1S/C15H19NO/c1-6-14-12(3)15(16(5)13(14)4)8-7-11(2)9-10-17/h6-10H,1H2,2-5H3/b8-7+,11-9+. The van der Waals surface area contributed by atoms with E-state index in [9.17, 15) is 4.79 Å². The maximum absolute atomic E-state index is 10.3. The van der Waals surface area contributed by atoms with E-state index >= 15 is 0 Å². The van der Waals surface area contributed by atoms with Crippen molar-refractivity contribution >= 4 is 18.4 Å². The molecule has 0 bridgehead atoms. The molecule has 0 aliphatic rings. The first-order chi connectivity index (χ1) is 8.02. The van der Waals surface area contributed by atoms with E-state index in [1.807, 2.05) is 32.2 Å². The molecule has 90 valence electrons. The average Bonchev–Trinajstić information content (AvgIpc) is 2.49. The van der Waals surface area contributed by atoms with E-state index in [0.717, 1.165) is 17.6 Å². The maximum atomic E-state index is 10.3. The Hall–Kier alpha value is -1.83. The lowest BCUT2D eigenvalue weighted by Gasteiger charge is -2.00. The van der Waals surface area contributed by atoms with Crippen LogP contribution in [0.25, 0.3) is 12.2 Å². The van der Waals surface area contributed by atoms with Crippen LogP contribution < -0.4 is 0 Å². The summed E-state index contributed by atoms with van der Waals surface area (Å²) in [4.78, 5) is 10.3. The van der Waals surface area contributed by atoms with Gasteiger partial charge in [0.05, 0.1) is 0 Å². The molecular weight excluding hydrogens is 210 g/mol. The predicted octanol–water partition coefficient (Wildman–Crippen LogP) is 3.44. The van der Waals surface area contributed by atoms with Crippen molar-refractivity contribution in [1.29, 1.82) is 0 Å². The fraction of sp³-hybridized carbons (Fsp3) is 0.267. The number of rotatable bonds is 4. The Morgan fingerprint density at radius 1 is 1.35 bits per heavy atom. The molecule has 0 saturated carbocycles. The van der Waals surface area contributed by atoms with Gasteiger partial charge in [0.1, 0.15) is 6.29 Å². The van der Waals surface area contributed by atoms with Crippen LogP contribution in [-0.2, 0) is 11.8 Å². The third-order valence-corrected chi connectivity index (χ3v) is 3.08. The minimum Gasteiger partial charge on any atom is -0.348 e. The number of carbonyl (C=O) groups is 1. The summed E-state index contributed by atoms with van der Waals surface area (Å²) in [6, 6.07) is 0. The number of allylic oxidation sites excluding steroid dienone is 3. The molecule has 1 aromatic heterocycles. The lowest BCUT2D eigenvalue weighted by molar-refractivity contribution is -0.104. The largest absolute Gasteiger partial charge is 0.348 e. The van der Waals surface area contributed by atoms with Crippen LogP contribution in [0, 0.1) is 13.8 Å². The van der Waals surface area contributed by atoms with Gasteiger partial charge >= 0.3 is 0 Å². The molecule has 0 aliphatic carbocycles. The van der Waals surface area contributed by atoms with Gasteiger partial charge in [-0.1, -0.05) is 18.7 Å². The number of aldehydes is 1. The zero-order chi connectivity index (χ0) is 13.0. The van der Waals surface area contributed by atoms with Crippen molar-refractivity contribution in [3.63, 3.8) is 0 Å². The van der Waals surface area contributed by atoms with Crippen molar-refractivity contribution in [1.82, 2.24) is 4.57 Å². The average molecular weight is 229 g/mol. The number of nitrogens with zero attached hydrogens (tertiary/aromatic N) is 1. The maximum Gasteiger partial charge on any atom is 0.143 e. The highest BCUT2D eigenvalue weighted by atomic mass is 16.1. The molecule has 17 heavy (non-hydrogen) atoms. The molecule has 2 heteroatoms. The summed E-state index contributed by atoms with van der Waals surface area (Å²) in [5, 5.41) is 0. The van der Waals surface area contributed by atoms with Crippen LogP contribution in [0.3, 0.4) is 0 Å². The third-order valence-electron chi connectivity index (χ3n) is 3.08. The van der Waals surface area contributed by atoms with Gasteiger partial charge in [-0.15, -0.1) is 0 Å². The van der Waals surface area contributed by atoms with E-state index in [1.165, 1.54) is 16.8 Å². The third kappa shape index (κ3) is 2.64. The van der Waals surface area contributed by atoms with Crippen LogP contribution in [0.2, 0.25) is 0 Å². The number of carbonyl (C=O) groups excluding carboxylic acids is 1. The first-order valence-electron chi connectivity index (χ1n) is 5.61. The monoisotopic (exact) mass is 229 g/mol. The van der Waals surface area contributed by atoms with E-state index in [-0.39, 0.29) is 0 Å². The second-order valence-corrected chi connectivity index (χ2v) is 4.15. The fourth-order valence-electron chi connectivity index (χ4n) is 1.93. The molecule has 0 spiro atoms. The topological polar surface area (TPSA) is 22.0 Å². The summed E-state index contributed by atoms with van der Waals surface area (Å²) in [6.45, 7) is 9.91. The zero-order valence-electron chi connectivity index (χ0n) is 10.9. The van der Waals surface area contributed by atoms with E-state index in [0.29, 0.717) is 0 Å². The Kier molecular flexibility index (Phi) is 4.27. The number of hydrogen-bond donors (Lipinski definition) is 0. The molecule has 0 saturated heterocycles. The molecule has 0 atom stereocenters. The molecular formula is C15H19NO. The summed E-state index contributed by atoms with van der Waals surface area (Å²) >= 11 is 0. The van der Waals surface area contributed by atoms with Gasteiger partial charge in [-0.2, -0.15) is 0 Å². The Morgan fingerprint density at radius 3 is 2.47 bits per heavy atom. The van der Waals surface area contributed by atoms with Gasteiger partial charge in [0.15, 0.2) is 0 Å². The van der Waals surface area contributed by atoms with Gasteiger partial charge in [0.2, 0.25) is 0 Å². The fourth-order valence-corrected chi connectivity index (χ4v) is 1.93. The van der Waals surface area contributed by atoms with E-state index < -0.39 is 0 Å². The minimum atomic E-state index is 0.804. The van der Waals surface area contributed by atoms with Crippen molar-refractivity contribution in [2.24, 2.45) is 7.05 Å². The van der Waals surface area contributed by atoms with Crippen molar-refractivity contribution < 1.29 is 4.79 Å². The number of hydrogen-bond acceptors (Lipinski definition) is 1. The van der Waals surface area contributed by atoms with Crippen molar-refractivity contribution in [3.05, 3.63) is 46.8 Å². The molecule has 0 fully saturated rings. The first-order valence-corrected chi connectivity index (χ1v) is 5.61. The van der Waals surface area contributed by atoms with Crippen molar-refractivity contribution in [2.45, 2.75) is 20.8 Å². The summed E-state index contributed by atoms with van der Waals surface area (Å²) in [5.41, 5.74) is 5.70. The van der Waals surface area contributed by atoms with E-state index in [4.69, 9.17) is 0 Å². The highest BCUT2D eigenvalue weighted by molar-refractivity contribution is 5.69. The summed E-state index contributed by atoms with van der Waals surface area (Å²) in [6.07, 6.45) is 8.22. The van der Waals surface area contributed by atoms with E-state index in [2.05, 4.69) is 25.0 Å². The van der Waals surface area contributed by atoms with E-state index in [1.54, 1.807) is 6.08 Å². The highest BCUT2D eigenvalue weighted by Crippen LogP contribution is 2.23. The Bertz CT molecular complexity index is 501. The normalized spacial score (nSPS) is 12.1. The molecule has 1 aromatic rings. The van der Waals surface area contributed by atoms with Crippen molar-refractivity contribution in [2.75, 3.05) is 0 Å². The molecule has 1 rings (SSSR count). The summed E-state index contributed by atoms with van der Waals surface area (Å²) in [5.74, 6) is 0. The lowest BCUT2D eigenvalue weighted by atomic mass is 10.1. The van der Waals surface area contributed by atoms with Gasteiger partial charge < -0.3 is 4.57 Å². The molecule has 0 aliphatic heterocycles. The highest BCUT2D eigenvalue weighted by Gasteiger charge is 2.09. The quantitative estimate of drug-likeness (QED) is 0.440. The molecule has 0 radical (unpaired) electrons. The molecule has 0 amide bonds. The molecule has 0 aromatic carbocycles. The summed E-state index contributed by atoms with van der Waals surface area (Å²) in [7, 11) is 2.04. The second-order valence-electron chi connectivity index (χ2n) is 4.15. The van der Waals surface area contributed by atoms with Crippen LogP contribution in [-0.4, -0.2) is 10.9 Å². The Labute approximate surface area is 103 Å². The molecule has 1 heterocycles.